The smallest absolute Gasteiger partial charge is 0.407 e. The summed E-state index contributed by atoms with van der Waals surface area (Å²) in [6.07, 6.45) is 4.68. The monoisotopic (exact) mass is 460 g/mol. The molecule has 1 fully saturated rings. The number of aromatic nitrogens is 2. The predicted octanol–water partition coefficient (Wildman–Crippen LogP) is 2.36. The fourth-order valence-electron chi connectivity index (χ4n) is 4.53. The van der Waals surface area contributed by atoms with Gasteiger partial charge in [0.2, 0.25) is 0 Å². The van der Waals surface area contributed by atoms with Crippen molar-refractivity contribution in [3.05, 3.63) is 53.5 Å². The first kappa shape index (κ1) is 22.5. The number of nitrogens with one attached hydrogen (secondary N) is 1. The average molecular weight is 461 g/mol. The molecule has 0 saturated carbocycles. The number of fused-ring (bicyclic) bond motifs is 1. The average Bonchev–Trinajstić information content (AvgIpc) is 2.77. The Morgan fingerprint density at radius 2 is 2.03 bits per heavy atom. The summed E-state index contributed by atoms with van der Waals surface area (Å²) < 4.78 is 37.0. The second-order valence-electron chi connectivity index (χ2n) is 8.47. The van der Waals surface area contributed by atoms with Crippen LogP contribution < -0.4 is 10.2 Å². The second kappa shape index (κ2) is 9.83. The van der Waals surface area contributed by atoms with Crippen molar-refractivity contribution < 1.29 is 22.5 Å². The maximum atomic E-state index is 12.3. The van der Waals surface area contributed by atoms with Crippen molar-refractivity contribution in [1.82, 2.24) is 15.3 Å². The van der Waals surface area contributed by atoms with Crippen molar-refractivity contribution in [3.63, 3.8) is 0 Å². The molecule has 32 heavy (non-hydrogen) atoms. The second-order valence-corrected chi connectivity index (χ2v) is 9.97. The van der Waals surface area contributed by atoms with Gasteiger partial charge in [0.05, 0.1) is 5.75 Å². The Morgan fingerprint density at radius 1 is 1.22 bits per heavy atom. The molecule has 4 rings (SSSR count). The van der Waals surface area contributed by atoms with Crippen molar-refractivity contribution in [1.29, 1.82) is 0 Å². The summed E-state index contributed by atoms with van der Waals surface area (Å²) in [6.45, 7) is 1.68. The lowest BCUT2D eigenvalue weighted by molar-refractivity contribution is 0.134. The van der Waals surface area contributed by atoms with Gasteiger partial charge in [0, 0.05) is 30.4 Å². The normalized spacial score (nSPS) is 21.0. The molecule has 1 aromatic carbocycles. The van der Waals surface area contributed by atoms with Gasteiger partial charge in [-0.15, -0.1) is 0 Å². The van der Waals surface area contributed by atoms with Crippen molar-refractivity contribution in [2.75, 3.05) is 23.7 Å². The molecular weight excluding hydrogens is 432 g/mol. The van der Waals surface area contributed by atoms with Gasteiger partial charge in [-0.3, -0.25) is 4.55 Å². The Balaban J connectivity index is 1.36. The first-order valence-electron chi connectivity index (χ1n) is 10.9. The first-order valence-corrected chi connectivity index (χ1v) is 12.5. The molecule has 1 aliphatic heterocycles. The number of carbonyl (C=O) groups excluding carboxylic acids is 1. The van der Waals surface area contributed by atoms with Crippen molar-refractivity contribution in [3.8, 4) is 0 Å². The van der Waals surface area contributed by atoms with Gasteiger partial charge < -0.3 is 15.0 Å². The van der Waals surface area contributed by atoms with Crippen LogP contribution in [0.5, 0.6) is 0 Å². The van der Waals surface area contributed by atoms with Gasteiger partial charge in [-0.05, 0) is 43.6 Å². The molecule has 1 aromatic heterocycles. The van der Waals surface area contributed by atoms with Gasteiger partial charge >= 0.3 is 6.09 Å². The molecule has 2 N–H and O–H groups in total. The summed E-state index contributed by atoms with van der Waals surface area (Å²) in [4.78, 5) is 23.3. The Kier molecular flexibility index (Phi) is 6.90. The van der Waals surface area contributed by atoms with Gasteiger partial charge in [-0.2, -0.15) is 8.42 Å². The first-order chi connectivity index (χ1) is 15.4. The summed E-state index contributed by atoms with van der Waals surface area (Å²) in [7, 11) is -4.00. The van der Waals surface area contributed by atoms with E-state index in [2.05, 4.69) is 20.2 Å². The number of hydrogen-bond acceptors (Lipinski definition) is 7. The molecule has 2 heterocycles. The van der Waals surface area contributed by atoms with Gasteiger partial charge in [0.1, 0.15) is 18.8 Å². The topological polar surface area (TPSA) is 122 Å². The van der Waals surface area contributed by atoms with E-state index in [0.29, 0.717) is 25.8 Å². The van der Waals surface area contributed by atoms with E-state index in [4.69, 9.17) is 9.29 Å². The number of hydrogen-bond donors (Lipinski definition) is 2. The van der Waals surface area contributed by atoms with Crippen molar-refractivity contribution in [2.24, 2.45) is 5.92 Å². The highest BCUT2D eigenvalue weighted by molar-refractivity contribution is 7.85. The van der Waals surface area contributed by atoms with Crippen LogP contribution >= 0.6 is 0 Å². The van der Waals surface area contributed by atoms with Crippen LogP contribution in [0.3, 0.4) is 0 Å². The highest BCUT2D eigenvalue weighted by atomic mass is 32.2. The minimum atomic E-state index is -4.00. The molecule has 2 aromatic rings. The fourth-order valence-corrected chi connectivity index (χ4v) is 5.41. The highest BCUT2D eigenvalue weighted by Gasteiger charge is 2.30. The highest BCUT2D eigenvalue weighted by Crippen LogP contribution is 2.31. The molecule has 1 amide bonds. The largest absolute Gasteiger partial charge is 0.445 e. The van der Waals surface area contributed by atoms with E-state index in [1.54, 1.807) is 0 Å². The zero-order valence-electron chi connectivity index (χ0n) is 17.8. The van der Waals surface area contributed by atoms with Crippen LogP contribution in [0, 0.1) is 5.92 Å². The molecule has 0 bridgehead atoms. The molecule has 10 heteroatoms. The number of ether oxygens (including phenoxy) is 1. The number of alkyl carbamates (subject to hydrolysis) is 1. The van der Waals surface area contributed by atoms with E-state index in [9.17, 15) is 13.2 Å². The minimum Gasteiger partial charge on any atom is -0.445 e. The number of anilines is 1. The Morgan fingerprint density at radius 3 is 2.81 bits per heavy atom. The zero-order valence-corrected chi connectivity index (χ0v) is 18.6. The molecule has 0 spiro atoms. The maximum absolute atomic E-state index is 12.3. The van der Waals surface area contributed by atoms with E-state index >= 15 is 0 Å². The maximum Gasteiger partial charge on any atom is 0.407 e. The Labute approximate surface area is 188 Å². The fraction of sp³-hybridized carbons (Fsp3) is 0.500. The van der Waals surface area contributed by atoms with Crippen molar-refractivity contribution >= 4 is 22.0 Å². The summed E-state index contributed by atoms with van der Waals surface area (Å²) in [6, 6.07) is 9.50. The lowest BCUT2D eigenvalue weighted by Crippen LogP contribution is -2.48. The third-order valence-electron chi connectivity index (χ3n) is 6.00. The summed E-state index contributed by atoms with van der Waals surface area (Å²) in [5.74, 6) is 0.465. The minimum absolute atomic E-state index is 0.0477. The number of carbonyl (C=O) groups is 1. The number of amides is 1. The number of benzene rings is 1. The predicted molar refractivity (Wildman–Crippen MR) is 119 cm³/mol. The third kappa shape index (κ3) is 5.95. The van der Waals surface area contributed by atoms with E-state index < -0.39 is 16.2 Å². The van der Waals surface area contributed by atoms with E-state index in [1.165, 1.54) is 6.33 Å². The van der Waals surface area contributed by atoms with Crippen LogP contribution in [0.2, 0.25) is 0 Å². The van der Waals surface area contributed by atoms with Crippen LogP contribution in [0.1, 0.15) is 36.1 Å². The molecular formula is C22H28N4O5S. The van der Waals surface area contributed by atoms with Crippen LogP contribution in [0.25, 0.3) is 0 Å². The van der Waals surface area contributed by atoms with Crippen LogP contribution in [0.4, 0.5) is 10.6 Å². The van der Waals surface area contributed by atoms with Gasteiger partial charge in [0.15, 0.2) is 0 Å². The quantitative estimate of drug-likeness (QED) is 0.630. The lowest BCUT2D eigenvalue weighted by atomic mass is 9.88. The Bertz CT molecular complexity index is 1050. The third-order valence-corrected chi connectivity index (χ3v) is 6.89. The van der Waals surface area contributed by atoms with E-state index in [1.807, 2.05) is 30.3 Å². The van der Waals surface area contributed by atoms with Gasteiger partial charge in [0.25, 0.3) is 10.1 Å². The molecule has 0 radical (unpaired) electrons. The van der Waals surface area contributed by atoms with Crippen molar-refractivity contribution in [2.45, 2.75) is 44.8 Å². The van der Waals surface area contributed by atoms with Crippen LogP contribution in [-0.2, 0) is 34.3 Å². The molecule has 1 aliphatic carbocycles. The summed E-state index contributed by atoms with van der Waals surface area (Å²) in [5.41, 5.74) is 2.81. The summed E-state index contributed by atoms with van der Waals surface area (Å²) >= 11 is 0. The number of nitrogens with zero attached hydrogens (tertiary/aromatic N) is 3. The Hall–Kier alpha value is -2.72. The molecule has 1 unspecified atom stereocenters. The van der Waals surface area contributed by atoms with Gasteiger partial charge in [-0.1, -0.05) is 30.3 Å². The molecule has 2 aliphatic rings. The molecule has 9 nitrogen and oxygen atoms in total. The standard InChI is InChI=1S/C22H28N4O5S/c27-22(31-13-16-5-2-1-3-6-16)25-18-7-4-10-26(12-18)21-19-9-8-17(14-32(28,29)30)11-20(19)23-15-24-21/h1-3,5-6,15,17-18H,4,7-14H2,(H,25,27)(H,28,29,30)/t17?,18-/m1/s1. The number of rotatable bonds is 6. The molecule has 172 valence electrons. The lowest BCUT2D eigenvalue weighted by Gasteiger charge is -2.36. The van der Waals surface area contributed by atoms with Gasteiger partial charge in [-0.25, -0.2) is 14.8 Å². The number of piperidine rings is 1. The SMILES string of the molecule is O=C(N[C@@H]1CCCN(c2ncnc3c2CCC(CS(=O)(=O)O)C3)C1)OCc1ccccc1. The van der Waals surface area contributed by atoms with Crippen LogP contribution in [0.15, 0.2) is 36.7 Å². The van der Waals surface area contributed by atoms with Crippen LogP contribution in [-0.4, -0.2) is 53.9 Å². The summed E-state index contributed by atoms with van der Waals surface area (Å²) in [5, 5.41) is 2.96. The molecule has 2 atom stereocenters. The molecule has 1 saturated heterocycles. The van der Waals surface area contributed by atoms with E-state index in [0.717, 1.165) is 42.0 Å². The zero-order chi connectivity index (χ0) is 22.6. The van der Waals surface area contributed by atoms with E-state index in [-0.39, 0.29) is 24.3 Å².